The number of hydrogen-bond acceptors (Lipinski definition) is 1. The van der Waals surface area contributed by atoms with Crippen molar-refractivity contribution in [3.63, 3.8) is 0 Å². The molecule has 1 N–H and O–H groups in total. The molecule has 0 radical (unpaired) electrons. The van der Waals surface area contributed by atoms with E-state index in [1.807, 2.05) is 13.8 Å². The van der Waals surface area contributed by atoms with Crippen LogP contribution in [0.25, 0.3) is 0 Å². The Labute approximate surface area is 71.6 Å². The first kappa shape index (κ1) is 10.3. The number of aliphatic hydroxyl groups is 1. The third kappa shape index (κ3) is 5.10. The van der Waals surface area contributed by atoms with E-state index in [4.69, 9.17) is 28.3 Å². The molecule has 0 amide bonds. The highest BCUT2D eigenvalue weighted by molar-refractivity contribution is 6.55. The molecule has 0 aromatic heterocycles. The molecule has 0 aliphatic rings. The van der Waals surface area contributed by atoms with Crippen LogP contribution in [0.5, 0.6) is 0 Å². The summed E-state index contributed by atoms with van der Waals surface area (Å²) in [5.74, 6) is 0. The van der Waals surface area contributed by atoms with Crippen molar-refractivity contribution in [3.05, 3.63) is 10.6 Å². The van der Waals surface area contributed by atoms with Crippen LogP contribution in [0.1, 0.15) is 20.3 Å². The minimum atomic E-state index is -0.104. The maximum Gasteiger partial charge on any atom is 0.103 e. The van der Waals surface area contributed by atoms with Gasteiger partial charge in [-0.15, -0.1) is 0 Å². The van der Waals surface area contributed by atoms with Crippen LogP contribution in [0.2, 0.25) is 0 Å². The van der Waals surface area contributed by atoms with Gasteiger partial charge < -0.3 is 5.11 Å². The second-order valence-corrected chi connectivity index (χ2v) is 3.90. The molecule has 0 heterocycles. The fraction of sp³-hybridized carbons (Fsp3) is 0.714. The van der Waals surface area contributed by atoms with Gasteiger partial charge in [0.2, 0.25) is 0 Å². The maximum absolute atomic E-state index is 8.60. The van der Waals surface area contributed by atoms with Gasteiger partial charge >= 0.3 is 0 Å². The van der Waals surface area contributed by atoms with Crippen LogP contribution < -0.4 is 0 Å². The van der Waals surface area contributed by atoms with Crippen molar-refractivity contribution in [1.82, 2.24) is 0 Å². The van der Waals surface area contributed by atoms with Gasteiger partial charge in [-0.25, -0.2) is 0 Å². The number of aliphatic hydroxyl groups excluding tert-OH is 1. The molecule has 10 heavy (non-hydrogen) atoms. The molecule has 0 rings (SSSR count). The first-order valence-corrected chi connectivity index (χ1v) is 3.88. The van der Waals surface area contributed by atoms with Crippen LogP contribution in [-0.4, -0.2) is 11.7 Å². The quantitative estimate of drug-likeness (QED) is 0.713. The van der Waals surface area contributed by atoms with Crippen molar-refractivity contribution in [1.29, 1.82) is 0 Å². The first-order valence-electron chi connectivity index (χ1n) is 3.13. The van der Waals surface area contributed by atoms with E-state index in [1.165, 1.54) is 0 Å². The lowest BCUT2D eigenvalue weighted by Crippen LogP contribution is -2.09. The molecule has 3 heteroatoms. The Balaban J connectivity index is 3.98. The van der Waals surface area contributed by atoms with Gasteiger partial charge in [0.15, 0.2) is 0 Å². The fourth-order valence-electron chi connectivity index (χ4n) is 0.656. The van der Waals surface area contributed by atoms with Crippen molar-refractivity contribution in [2.75, 3.05) is 6.61 Å². The van der Waals surface area contributed by atoms with Crippen LogP contribution in [-0.2, 0) is 0 Å². The Hall–Kier alpha value is 0.280. The lowest BCUT2D eigenvalue weighted by atomic mass is 9.90. The van der Waals surface area contributed by atoms with Crippen LogP contribution in [0, 0.1) is 5.41 Å². The molecule has 0 aliphatic carbocycles. The molecule has 0 aromatic rings. The van der Waals surface area contributed by atoms with Crippen LogP contribution >= 0.6 is 23.2 Å². The molecule has 0 saturated heterocycles. The Morgan fingerprint density at radius 1 is 1.50 bits per heavy atom. The minimum absolute atomic E-state index is 0.104. The summed E-state index contributed by atoms with van der Waals surface area (Å²) < 4.78 is 0.262. The molecule has 60 valence electrons. The van der Waals surface area contributed by atoms with Crippen LogP contribution in [0.4, 0.5) is 0 Å². The first-order chi connectivity index (χ1) is 4.48. The highest BCUT2D eigenvalue weighted by Gasteiger charge is 2.13. The second-order valence-electron chi connectivity index (χ2n) is 2.90. The molecule has 0 aliphatic heterocycles. The normalized spacial score (nSPS) is 11.3. The second kappa shape index (κ2) is 4.22. The standard InChI is InChI=1S/C7H12Cl2O/c1-7(2,3-4-10)5-6(8)9/h5,10H,3-4H2,1-2H3. The Kier molecular flexibility index (Phi) is 4.34. The monoisotopic (exact) mass is 182 g/mol. The van der Waals surface area contributed by atoms with E-state index >= 15 is 0 Å². The molecule has 0 unspecified atom stereocenters. The Morgan fingerprint density at radius 2 is 2.00 bits per heavy atom. The molecule has 0 aromatic carbocycles. The predicted octanol–water partition coefficient (Wildman–Crippen LogP) is 2.71. The van der Waals surface area contributed by atoms with E-state index in [9.17, 15) is 0 Å². The third-order valence-corrected chi connectivity index (χ3v) is 1.47. The summed E-state index contributed by atoms with van der Waals surface area (Å²) in [7, 11) is 0. The summed E-state index contributed by atoms with van der Waals surface area (Å²) in [6.45, 7) is 4.09. The molecular weight excluding hydrogens is 171 g/mol. The lowest BCUT2D eigenvalue weighted by molar-refractivity contribution is 0.241. The molecule has 0 bridgehead atoms. The van der Waals surface area contributed by atoms with Gasteiger partial charge in [0, 0.05) is 6.61 Å². The zero-order valence-electron chi connectivity index (χ0n) is 6.19. The summed E-state index contributed by atoms with van der Waals surface area (Å²) in [5, 5.41) is 8.60. The van der Waals surface area contributed by atoms with Gasteiger partial charge in [0.1, 0.15) is 4.49 Å². The molecule has 1 nitrogen and oxygen atoms in total. The Bertz CT molecular complexity index is 126. The molecule has 0 spiro atoms. The van der Waals surface area contributed by atoms with Crippen LogP contribution in [0.3, 0.4) is 0 Å². The molecule has 0 atom stereocenters. The van der Waals surface area contributed by atoms with Crippen LogP contribution in [0.15, 0.2) is 10.6 Å². The summed E-state index contributed by atoms with van der Waals surface area (Å²) in [6, 6.07) is 0. The summed E-state index contributed by atoms with van der Waals surface area (Å²) in [5.41, 5.74) is -0.104. The van der Waals surface area contributed by atoms with E-state index in [0.29, 0.717) is 6.42 Å². The van der Waals surface area contributed by atoms with Crippen molar-refractivity contribution in [2.45, 2.75) is 20.3 Å². The van der Waals surface area contributed by atoms with Gasteiger partial charge in [0.25, 0.3) is 0 Å². The largest absolute Gasteiger partial charge is 0.396 e. The minimum Gasteiger partial charge on any atom is -0.396 e. The topological polar surface area (TPSA) is 20.2 Å². The summed E-state index contributed by atoms with van der Waals surface area (Å²) in [4.78, 5) is 0. The number of halogens is 2. The maximum atomic E-state index is 8.60. The van der Waals surface area contributed by atoms with E-state index < -0.39 is 0 Å². The lowest BCUT2D eigenvalue weighted by Gasteiger charge is -2.17. The molecule has 0 saturated carbocycles. The van der Waals surface area contributed by atoms with Crippen molar-refractivity contribution in [2.24, 2.45) is 5.41 Å². The van der Waals surface area contributed by atoms with Crippen molar-refractivity contribution >= 4 is 23.2 Å². The predicted molar refractivity (Wildman–Crippen MR) is 45.3 cm³/mol. The summed E-state index contributed by atoms with van der Waals surface area (Å²) in [6.07, 6.45) is 2.41. The van der Waals surface area contributed by atoms with Gasteiger partial charge in [-0.3, -0.25) is 0 Å². The highest BCUT2D eigenvalue weighted by Crippen LogP contribution is 2.25. The summed E-state index contributed by atoms with van der Waals surface area (Å²) >= 11 is 10.9. The van der Waals surface area contributed by atoms with Gasteiger partial charge in [-0.05, 0) is 17.9 Å². The third-order valence-electron chi connectivity index (χ3n) is 1.26. The van der Waals surface area contributed by atoms with Gasteiger partial charge in [-0.2, -0.15) is 0 Å². The van der Waals surface area contributed by atoms with E-state index in [1.54, 1.807) is 6.08 Å². The SMILES string of the molecule is CC(C)(C=C(Cl)Cl)CCO. The zero-order valence-corrected chi connectivity index (χ0v) is 7.71. The number of allylic oxidation sites excluding steroid dienone is 1. The number of hydrogen-bond donors (Lipinski definition) is 1. The number of rotatable bonds is 3. The smallest absolute Gasteiger partial charge is 0.103 e. The van der Waals surface area contributed by atoms with E-state index in [2.05, 4.69) is 0 Å². The zero-order chi connectivity index (χ0) is 8.20. The Morgan fingerprint density at radius 3 is 2.30 bits per heavy atom. The fourth-order valence-corrected chi connectivity index (χ4v) is 1.25. The van der Waals surface area contributed by atoms with E-state index in [0.717, 1.165) is 0 Å². The average molecular weight is 183 g/mol. The molecular formula is C7H12Cl2O. The molecule has 0 fully saturated rings. The van der Waals surface area contributed by atoms with Crippen molar-refractivity contribution in [3.8, 4) is 0 Å². The highest BCUT2D eigenvalue weighted by atomic mass is 35.5. The van der Waals surface area contributed by atoms with E-state index in [-0.39, 0.29) is 16.5 Å². The average Bonchev–Trinajstić information content (AvgIpc) is 1.59. The van der Waals surface area contributed by atoms with Crippen molar-refractivity contribution < 1.29 is 5.11 Å². The van der Waals surface area contributed by atoms with Gasteiger partial charge in [0.05, 0.1) is 0 Å². The van der Waals surface area contributed by atoms with Gasteiger partial charge in [-0.1, -0.05) is 37.0 Å².